The molecule has 0 radical (unpaired) electrons. The van der Waals surface area contributed by atoms with E-state index >= 15 is 4.39 Å². The fraction of sp³-hybridized carbons (Fsp3) is 0.304. The van der Waals surface area contributed by atoms with Gasteiger partial charge in [-0.3, -0.25) is 0 Å². The van der Waals surface area contributed by atoms with E-state index < -0.39 is 17.1 Å². The van der Waals surface area contributed by atoms with Gasteiger partial charge in [0.15, 0.2) is 0 Å². The molecule has 1 atom stereocenters. The van der Waals surface area contributed by atoms with Crippen LogP contribution >= 0.6 is 0 Å². The third-order valence-corrected chi connectivity index (χ3v) is 5.60. The van der Waals surface area contributed by atoms with Gasteiger partial charge in [0.25, 0.3) is 0 Å². The van der Waals surface area contributed by atoms with Gasteiger partial charge in [0.05, 0.1) is 6.61 Å². The summed E-state index contributed by atoms with van der Waals surface area (Å²) in [6.45, 7) is 3.75. The van der Waals surface area contributed by atoms with E-state index in [4.69, 9.17) is 0 Å². The average Bonchev–Trinajstić information content (AvgIpc) is 2.92. The quantitative estimate of drug-likeness (QED) is 0.839. The molecule has 2 aromatic rings. The summed E-state index contributed by atoms with van der Waals surface area (Å²) in [5.41, 5.74) is -0.575. The Bertz CT molecular complexity index is 991. The molecule has 0 bridgehead atoms. The number of halogens is 2. The van der Waals surface area contributed by atoms with Crippen LogP contribution in [0.4, 0.5) is 8.78 Å². The number of benzene rings is 2. The monoisotopic (exact) mass is 383 g/mol. The Kier molecular flexibility index (Phi) is 4.40. The summed E-state index contributed by atoms with van der Waals surface area (Å²) in [4.78, 5) is 1.93. The van der Waals surface area contributed by atoms with E-state index in [1.807, 2.05) is 35.4 Å². The minimum Gasteiger partial charge on any atom is -0.395 e. The van der Waals surface area contributed by atoms with Crippen molar-refractivity contribution in [1.29, 1.82) is 0 Å². The van der Waals surface area contributed by atoms with Crippen molar-refractivity contribution in [2.24, 2.45) is 0 Å². The second-order valence-electron chi connectivity index (χ2n) is 7.81. The molecule has 3 nitrogen and oxygen atoms in total. The van der Waals surface area contributed by atoms with Crippen LogP contribution in [0.3, 0.4) is 0 Å². The van der Waals surface area contributed by atoms with Crippen LogP contribution in [0.2, 0.25) is 0 Å². The van der Waals surface area contributed by atoms with Crippen LogP contribution in [0.15, 0.2) is 54.8 Å². The van der Waals surface area contributed by atoms with Crippen molar-refractivity contribution >= 4 is 5.57 Å². The molecule has 146 valence electrons. The molecule has 4 rings (SSSR count). The Morgan fingerprint density at radius 2 is 1.89 bits per heavy atom. The van der Waals surface area contributed by atoms with Crippen LogP contribution in [0.25, 0.3) is 16.7 Å². The standard InChI is InChI=1S/C23H23F2NO2/c1-22(2,25)23(28)19-8-4-3-7-17(19)21-18(12-16(24)13-20(21)23)15-6-5-9-26(14-15)10-11-27/h3-8,12-14,27-28H,9-11H2,1-2H3/t23-/m1/s1. The van der Waals surface area contributed by atoms with Crippen molar-refractivity contribution < 1.29 is 19.0 Å². The Morgan fingerprint density at radius 3 is 2.61 bits per heavy atom. The maximum absolute atomic E-state index is 15.3. The van der Waals surface area contributed by atoms with Crippen LogP contribution in [-0.4, -0.2) is 40.5 Å². The lowest BCUT2D eigenvalue weighted by atomic mass is 9.78. The van der Waals surface area contributed by atoms with Gasteiger partial charge in [0.2, 0.25) is 0 Å². The van der Waals surface area contributed by atoms with Gasteiger partial charge in [0.1, 0.15) is 17.1 Å². The second kappa shape index (κ2) is 6.54. The highest BCUT2D eigenvalue weighted by atomic mass is 19.1. The first-order chi connectivity index (χ1) is 13.3. The summed E-state index contributed by atoms with van der Waals surface area (Å²) in [7, 11) is 0. The number of alkyl halides is 1. The summed E-state index contributed by atoms with van der Waals surface area (Å²) in [5, 5.41) is 20.7. The fourth-order valence-electron chi connectivity index (χ4n) is 4.26. The van der Waals surface area contributed by atoms with Crippen LogP contribution in [0.5, 0.6) is 0 Å². The zero-order valence-electron chi connectivity index (χ0n) is 15.9. The lowest BCUT2D eigenvalue weighted by Gasteiger charge is -2.35. The number of β-amino-alcohol motifs (C(OH)–C–C–N with tert-alkyl or cyclic N) is 1. The van der Waals surface area contributed by atoms with Gasteiger partial charge in [-0.05, 0) is 53.8 Å². The number of aliphatic hydroxyl groups is 2. The van der Waals surface area contributed by atoms with E-state index in [0.717, 1.165) is 5.57 Å². The molecule has 28 heavy (non-hydrogen) atoms. The first-order valence-electron chi connectivity index (χ1n) is 9.36. The van der Waals surface area contributed by atoms with Gasteiger partial charge >= 0.3 is 0 Å². The van der Waals surface area contributed by atoms with Crippen molar-refractivity contribution in [3.63, 3.8) is 0 Å². The molecule has 0 unspecified atom stereocenters. The predicted octanol–water partition coefficient (Wildman–Crippen LogP) is 4.00. The van der Waals surface area contributed by atoms with Gasteiger partial charge in [-0.25, -0.2) is 8.78 Å². The Labute approximate surface area is 163 Å². The van der Waals surface area contributed by atoms with E-state index in [0.29, 0.717) is 35.3 Å². The van der Waals surface area contributed by atoms with Gasteiger partial charge < -0.3 is 15.1 Å². The molecular formula is C23H23F2NO2. The molecule has 0 spiro atoms. The molecule has 1 aliphatic heterocycles. The normalized spacial score (nSPS) is 20.8. The molecule has 1 heterocycles. The molecule has 2 aromatic carbocycles. The molecule has 0 fully saturated rings. The maximum atomic E-state index is 15.3. The molecule has 0 saturated heterocycles. The molecule has 0 aromatic heterocycles. The Hall–Kier alpha value is -2.50. The van der Waals surface area contributed by atoms with Crippen molar-refractivity contribution in [2.75, 3.05) is 19.7 Å². The highest BCUT2D eigenvalue weighted by molar-refractivity contribution is 5.92. The van der Waals surface area contributed by atoms with Gasteiger partial charge in [-0.2, -0.15) is 0 Å². The largest absolute Gasteiger partial charge is 0.395 e. The molecule has 1 aliphatic carbocycles. The van der Waals surface area contributed by atoms with Crippen LogP contribution < -0.4 is 0 Å². The molecule has 5 heteroatoms. The molecule has 0 saturated carbocycles. The predicted molar refractivity (Wildman–Crippen MR) is 106 cm³/mol. The summed E-state index contributed by atoms with van der Waals surface area (Å²) in [5.74, 6) is -0.530. The molecule has 0 amide bonds. The minimum absolute atomic E-state index is 0.0114. The van der Waals surface area contributed by atoms with Gasteiger partial charge in [0, 0.05) is 24.9 Å². The number of allylic oxidation sites excluding steroid dienone is 2. The summed E-state index contributed by atoms with van der Waals surface area (Å²) in [6, 6.07) is 9.76. The van der Waals surface area contributed by atoms with E-state index in [1.54, 1.807) is 12.1 Å². The van der Waals surface area contributed by atoms with E-state index in [-0.39, 0.29) is 12.2 Å². The Balaban J connectivity index is 2.01. The first-order valence-corrected chi connectivity index (χ1v) is 9.36. The van der Waals surface area contributed by atoms with Crippen LogP contribution in [-0.2, 0) is 5.60 Å². The first kappa shape index (κ1) is 18.8. The zero-order chi connectivity index (χ0) is 20.1. The highest BCUT2D eigenvalue weighted by Gasteiger charge is 2.53. The van der Waals surface area contributed by atoms with Crippen molar-refractivity contribution in [1.82, 2.24) is 4.90 Å². The van der Waals surface area contributed by atoms with Gasteiger partial charge in [-0.1, -0.05) is 36.4 Å². The summed E-state index contributed by atoms with van der Waals surface area (Å²) < 4.78 is 29.9. The fourth-order valence-corrected chi connectivity index (χ4v) is 4.26. The molecule has 2 aliphatic rings. The number of fused-ring (bicyclic) bond motifs is 3. The van der Waals surface area contributed by atoms with Crippen LogP contribution in [0, 0.1) is 5.82 Å². The Morgan fingerprint density at radius 1 is 1.14 bits per heavy atom. The third-order valence-electron chi connectivity index (χ3n) is 5.60. The van der Waals surface area contributed by atoms with Gasteiger partial charge in [-0.15, -0.1) is 0 Å². The number of nitrogens with zero attached hydrogens (tertiary/aromatic N) is 1. The zero-order valence-corrected chi connectivity index (χ0v) is 15.9. The number of hydrogen-bond donors (Lipinski definition) is 2. The van der Waals surface area contributed by atoms with Crippen molar-refractivity contribution in [2.45, 2.75) is 25.1 Å². The third kappa shape index (κ3) is 2.69. The van der Waals surface area contributed by atoms with E-state index in [1.165, 1.54) is 26.0 Å². The van der Waals surface area contributed by atoms with Crippen molar-refractivity contribution in [3.8, 4) is 11.1 Å². The summed E-state index contributed by atoms with van der Waals surface area (Å²) in [6.07, 6.45) is 5.70. The summed E-state index contributed by atoms with van der Waals surface area (Å²) >= 11 is 0. The minimum atomic E-state index is -2.01. The second-order valence-corrected chi connectivity index (χ2v) is 7.81. The number of rotatable bonds is 4. The lowest BCUT2D eigenvalue weighted by Crippen LogP contribution is -2.43. The van der Waals surface area contributed by atoms with E-state index in [2.05, 4.69) is 0 Å². The van der Waals surface area contributed by atoms with Crippen molar-refractivity contribution in [3.05, 3.63) is 77.3 Å². The smallest absolute Gasteiger partial charge is 0.149 e. The number of hydrogen-bond acceptors (Lipinski definition) is 3. The van der Waals surface area contributed by atoms with E-state index in [9.17, 15) is 14.6 Å². The maximum Gasteiger partial charge on any atom is 0.149 e. The molecular weight excluding hydrogens is 360 g/mol. The average molecular weight is 383 g/mol. The highest BCUT2D eigenvalue weighted by Crippen LogP contribution is 2.55. The lowest BCUT2D eigenvalue weighted by molar-refractivity contribution is -0.0550. The SMILES string of the molecule is CC(C)(F)[C@@]1(O)c2ccccc2-c2c(C3=CN(CCO)CC=C3)cc(F)cc21. The van der Waals surface area contributed by atoms with Crippen LogP contribution in [0.1, 0.15) is 30.5 Å². The molecule has 2 N–H and O–H groups in total. The topological polar surface area (TPSA) is 43.7 Å². The number of aliphatic hydroxyl groups excluding tert-OH is 1.